The standard InChI is InChI=1S/C20H22IN3O5/c1-27-18-4-2-3-17(13-18)24(20(26)23-9-11-28-12-10-23)14-15-5-7-16(8-6-15)19(25)22-29-21/h2-8,13H,9-12,14H2,1H3,(H,22,25). The third kappa shape index (κ3) is 5.58. The van der Waals surface area contributed by atoms with Gasteiger partial charge in [-0.15, -0.1) is 0 Å². The summed E-state index contributed by atoms with van der Waals surface area (Å²) in [6.45, 7) is 2.51. The monoisotopic (exact) mass is 511 g/mol. The van der Waals surface area contributed by atoms with Crippen molar-refractivity contribution in [2.75, 3.05) is 38.3 Å². The molecule has 1 saturated heterocycles. The van der Waals surface area contributed by atoms with E-state index in [0.29, 0.717) is 44.2 Å². The number of amides is 3. The minimum Gasteiger partial charge on any atom is -0.497 e. The number of carbonyl (C=O) groups is 2. The van der Waals surface area contributed by atoms with Crippen LogP contribution >= 0.6 is 23.0 Å². The van der Waals surface area contributed by atoms with Gasteiger partial charge >= 0.3 is 6.03 Å². The second-order valence-corrected chi connectivity index (χ2v) is 6.82. The average molecular weight is 511 g/mol. The van der Waals surface area contributed by atoms with E-state index in [1.54, 1.807) is 52.0 Å². The van der Waals surface area contributed by atoms with Crippen molar-refractivity contribution < 1.29 is 22.2 Å². The van der Waals surface area contributed by atoms with Crippen molar-refractivity contribution in [3.63, 3.8) is 0 Å². The highest BCUT2D eigenvalue weighted by atomic mass is 127. The molecule has 8 nitrogen and oxygen atoms in total. The first-order valence-electron chi connectivity index (χ1n) is 9.07. The van der Waals surface area contributed by atoms with Crippen LogP contribution in [0.2, 0.25) is 0 Å². The molecule has 9 heteroatoms. The van der Waals surface area contributed by atoms with Crippen LogP contribution in [0.15, 0.2) is 48.5 Å². The van der Waals surface area contributed by atoms with Crippen molar-refractivity contribution in [1.29, 1.82) is 0 Å². The number of methoxy groups -OCH3 is 1. The molecule has 0 spiro atoms. The quantitative estimate of drug-likeness (QED) is 0.476. The molecule has 3 rings (SSSR count). The molecule has 0 aromatic heterocycles. The van der Waals surface area contributed by atoms with Crippen LogP contribution in [0, 0.1) is 0 Å². The van der Waals surface area contributed by atoms with Crippen LogP contribution in [-0.2, 0) is 14.4 Å². The van der Waals surface area contributed by atoms with E-state index < -0.39 is 0 Å². The van der Waals surface area contributed by atoms with Gasteiger partial charge in [0.15, 0.2) is 0 Å². The van der Waals surface area contributed by atoms with Crippen LogP contribution in [0.3, 0.4) is 0 Å². The van der Waals surface area contributed by atoms with Crippen LogP contribution in [0.5, 0.6) is 5.75 Å². The lowest BCUT2D eigenvalue weighted by molar-refractivity contribution is 0.0548. The molecule has 0 radical (unpaired) electrons. The van der Waals surface area contributed by atoms with E-state index in [1.807, 2.05) is 36.4 Å². The highest BCUT2D eigenvalue weighted by Crippen LogP contribution is 2.24. The van der Waals surface area contributed by atoms with E-state index in [2.05, 4.69) is 8.65 Å². The van der Waals surface area contributed by atoms with Gasteiger partial charge in [0.1, 0.15) is 28.8 Å². The summed E-state index contributed by atoms with van der Waals surface area (Å²) in [5, 5.41) is 0. The van der Waals surface area contributed by atoms with E-state index in [0.717, 1.165) is 11.3 Å². The Balaban J connectivity index is 1.84. The molecule has 1 N–H and O–H groups in total. The summed E-state index contributed by atoms with van der Waals surface area (Å²) in [6.07, 6.45) is 0. The molecule has 29 heavy (non-hydrogen) atoms. The zero-order valence-electron chi connectivity index (χ0n) is 16.0. The van der Waals surface area contributed by atoms with Gasteiger partial charge in [-0.1, -0.05) is 18.2 Å². The molecule has 154 valence electrons. The van der Waals surface area contributed by atoms with Gasteiger partial charge in [0, 0.05) is 30.4 Å². The average Bonchev–Trinajstić information content (AvgIpc) is 2.78. The van der Waals surface area contributed by atoms with E-state index >= 15 is 0 Å². The van der Waals surface area contributed by atoms with Crippen molar-refractivity contribution in [2.24, 2.45) is 0 Å². The zero-order valence-corrected chi connectivity index (χ0v) is 18.1. The Morgan fingerprint density at radius 1 is 1.17 bits per heavy atom. The van der Waals surface area contributed by atoms with Crippen LogP contribution < -0.4 is 15.1 Å². The number of hydrogen-bond donors (Lipinski definition) is 1. The number of morpholine rings is 1. The molecule has 3 amide bonds. The van der Waals surface area contributed by atoms with Gasteiger partial charge in [-0.3, -0.25) is 9.69 Å². The molecule has 0 aliphatic carbocycles. The lowest BCUT2D eigenvalue weighted by Gasteiger charge is -2.33. The third-order valence-corrected chi connectivity index (χ3v) is 4.79. The molecular formula is C20H22IN3O5. The van der Waals surface area contributed by atoms with Crippen molar-refractivity contribution >= 4 is 40.6 Å². The number of anilines is 1. The third-order valence-electron chi connectivity index (χ3n) is 4.57. The lowest BCUT2D eigenvalue weighted by atomic mass is 10.1. The molecule has 0 bridgehead atoms. The SMILES string of the molecule is COc1cccc(N(Cc2ccc(C(=O)NOI)cc2)C(=O)N2CCOCC2)c1. The number of ether oxygens (including phenoxy) is 2. The van der Waals surface area contributed by atoms with E-state index in [-0.39, 0.29) is 11.9 Å². The second-order valence-electron chi connectivity index (χ2n) is 6.37. The number of urea groups is 1. The smallest absolute Gasteiger partial charge is 0.324 e. The summed E-state index contributed by atoms with van der Waals surface area (Å²) in [7, 11) is 1.59. The summed E-state index contributed by atoms with van der Waals surface area (Å²) < 4.78 is 15.3. The Kier molecular flexibility index (Phi) is 7.67. The van der Waals surface area contributed by atoms with Crippen LogP contribution in [0.25, 0.3) is 0 Å². The second kappa shape index (κ2) is 10.4. The number of rotatable bonds is 6. The molecule has 1 aliphatic heterocycles. The van der Waals surface area contributed by atoms with E-state index in [9.17, 15) is 9.59 Å². The molecule has 1 fully saturated rings. The minimum absolute atomic E-state index is 0.0957. The zero-order chi connectivity index (χ0) is 20.6. The highest BCUT2D eigenvalue weighted by molar-refractivity contribution is 14.1. The normalized spacial score (nSPS) is 13.7. The fourth-order valence-corrected chi connectivity index (χ4v) is 3.21. The fraction of sp³-hybridized carbons (Fsp3) is 0.300. The fourth-order valence-electron chi connectivity index (χ4n) is 3.01. The molecule has 2 aromatic carbocycles. The van der Waals surface area contributed by atoms with Crippen LogP contribution in [0.1, 0.15) is 15.9 Å². The minimum atomic E-state index is -0.333. The van der Waals surface area contributed by atoms with Crippen molar-refractivity contribution in [2.45, 2.75) is 6.54 Å². The molecule has 0 atom stereocenters. The van der Waals surface area contributed by atoms with Gasteiger partial charge in [-0.25, -0.2) is 13.4 Å². The lowest BCUT2D eigenvalue weighted by Crippen LogP contribution is -2.48. The topological polar surface area (TPSA) is 80.3 Å². The molecule has 1 heterocycles. The molecular weight excluding hydrogens is 489 g/mol. The summed E-state index contributed by atoms with van der Waals surface area (Å²) in [5.41, 5.74) is 4.37. The van der Waals surface area contributed by atoms with E-state index in [4.69, 9.17) is 9.47 Å². The van der Waals surface area contributed by atoms with Gasteiger partial charge in [-0.2, -0.15) is 0 Å². The summed E-state index contributed by atoms with van der Waals surface area (Å²) in [6, 6.07) is 14.3. The van der Waals surface area contributed by atoms with E-state index in [1.165, 1.54) is 0 Å². The van der Waals surface area contributed by atoms with Crippen molar-refractivity contribution in [3.8, 4) is 5.75 Å². The van der Waals surface area contributed by atoms with Gasteiger partial charge in [0.25, 0.3) is 5.91 Å². The highest BCUT2D eigenvalue weighted by Gasteiger charge is 2.24. The number of nitrogens with zero attached hydrogens (tertiary/aromatic N) is 2. The molecule has 1 aliphatic rings. The summed E-state index contributed by atoms with van der Waals surface area (Å²) >= 11 is 1.59. The van der Waals surface area contributed by atoms with Crippen molar-refractivity contribution in [3.05, 3.63) is 59.7 Å². The maximum absolute atomic E-state index is 13.2. The van der Waals surface area contributed by atoms with Crippen molar-refractivity contribution in [1.82, 2.24) is 10.4 Å². The van der Waals surface area contributed by atoms with Gasteiger partial charge in [0.05, 0.1) is 26.9 Å². The Morgan fingerprint density at radius 2 is 1.90 bits per heavy atom. The summed E-state index contributed by atoms with van der Waals surface area (Å²) in [5.74, 6) is 0.341. The Labute approximate surface area is 183 Å². The Morgan fingerprint density at radius 3 is 2.55 bits per heavy atom. The Bertz CT molecular complexity index is 840. The number of carbonyl (C=O) groups excluding carboxylic acids is 2. The Hall–Kier alpha value is -2.37. The molecule has 2 aromatic rings. The number of halogens is 1. The van der Waals surface area contributed by atoms with Gasteiger partial charge in [0.2, 0.25) is 0 Å². The molecule has 0 saturated carbocycles. The summed E-state index contributed by atoms with van der Waals surface area (Å²) in [4.78, 5) is 28.6. The predicted molar refractivity (Wildman–Crippen MR) is 116 cm³/mol. The maximum Gasteiger partial charge on any atom is 0.324 e. The number of hydrogen-bond acceptors (Lipinski definition) is 5. The number of benzene rings is 2. The number of nitrogens with one attached hydrogen (secondary N) is 1. The van der Waals surface area contributed by atoms with Gasteiger partial charge < -0.3 is 14.4 Å². The van der Waals surface area contributed by atoms with Gasteiger partial charge in [-0.05, 0) is 29.8 Å². The van der Waals surface area contributed by atoms with Crippen LogP contribution in [-0.4, -0.2) is 50.3 Å². The first-order valence-corrected chi connectivity index (χ1v) is 9.95. The maximum atomic E-state index is 13.2. The van der Waals surface area contributed by atoms with Crippen LogP contribution in [0.4, 0.5) is 10.5 Å². The first kappa shape index (κ1) is 21.3. The largest absolute Gasteiger partial charge is 0.497 e. The first-order chi connectivity index (χ1) is 14.1. The number of hydroxylamine groups is 1. The predicted octanol–water partition coefficient (Wildman–Crippen LogP) is 3.17. The molecule has 0 unspecified atom stereocenters.